The van der Waals surface area contributed by atoms with E-state index in [9.17, 15) is 22.8 Å². The van der Waals surface area contributed by atoms with Gasteiger partial charge < -0.3 is 9.47 Å². The molecule has 0 amide bonds. The van der Waals surface area contributed by atoms with Gasteiger partial charge in [-0.25, -0.2) is 4.79 Å². The fraction of sp³-hybridized carbons (Fsp3) is 0.619. The minimum atomic E-state index is -4.25. The molecule has 0 aromatic carbocycles. The third-order valence-corrected chi connectivity index (χ3v) is 6.75. The van der Waals surface area contributed by atoms with Crippen LogP contribution >= 0.6 is 0 Å². The van der Waals surface area contributed by atoms with E-state index in [1.165, 1.54) is 16.7 Å². The first kappa shape index (κ1) is 20.2. The molecule has 0 spiro atoms. The van der Waals surface area contributed by atoms with Crippen LogP contribution in [0, 0.1) is 24.2 Å². The molecule has 3 atom stereocenters. The molecule has 1 aromatic heterocycles. The zero-order valence-electron chi connectivity index (χ0n) is 16.5. The Hall–Kier alpha value is -2.09. The van der Waals surface area contributed by atoms with Gasteiger partial charge in [0.1, 0.15) is 0 Å². The summed E-state index contributed by atoms with van der Waals surface area (Å²) in [5, 5.41) is 0. The number of likely N-dealkylation sites (tertiary alicyclic amines) is 1. The summed E-state index contributed by atoms with van der Waals surface area (Å²) in [4.78, 5) is 28.0. The maximum atomic E-state index is 12.8. The SMILES string of the molecule is Cc1cn(CCCCN2C[C@@H]3C[C@]3([C@H]3C=CC(C(F)(F)F)=CC3)C2)c(=O)[nH]c1=O. The number of alkyl halides is 3. The predicted molar refractivity (Wildman–Crippen MR) is 104 cm³/mol. The standard InChI is InChI=1S/C21H26F3N3O2/c1-14-11-27(19(29)25-18(14)28)9-3-2-8-26-12-17-10-20(17,13-26)15-4-6-16(7-5-15)21(22,23)24/h4,6-7,11,15,17H,2-3,5,8-10,12-13H2,1H3,(H,25,28,29)/t15-,17-,20+/m0/s1. The predicted octanol–water partition coefficient (Wildman–Crippen LogP) is 3.01. The van der Waals surface area contributed by atoms with Crippen LogP contribution in [-0.2, 0) is 6.54 Å². The summed E-state index contributed by atoms with van der Waals surface area (Å²) >= 11 is 0. The Morgan fingerprint density at radius 3 is 2.69 bits per heavy atom. The molecule has 2 fully saturated rings. The second kappa shape index (κ2) is 7.31. The Kier molecular flexibility index (Phi) is 5.09. The lowest BCUT2D eigenvalue weighted by molar-refractivity contribution is -0.0888. The molecule has 1 saturated heterocycles. The number of nitrogens with zero attached hydrogens (tertiary/aromatic N) is 2. The maximum Gasteiger partial charge on any atom is 0.416 e. The topological polar surface area (TPSA) is 58.1 Å². The summed E-state index contributed by atoms with van der Waals surface area (Å²) in [6.07, 6.45) is 5.08. The van der Waals surface area contributed by atoms with E-state index in [4.69, 9.17) is 0 Å². The molecule has 2 heterocycles. The molecule has 29 heavy (non-hydrogen) atoms. The summed E-state index contributed by atoms with van der Waals surface area (Å²) in [5.74, 6) is 0.786. The molecule has 3 aliphatic rings. The van der Waals surface area contributed by atoms with Gasteiger partial charge in [0.2, 0.25) is 0 Å². The van der Waals surface area contributed by atoms with Gasteiger partial charge in [0.05, 0.1) is 5.57 Å². The van der Waals surface area contributed by atoms with Crippen LogP contribution in [0.3, 0.4) is 0 Å². The van der Waals surface area contributed by atoms with Gasteiger partial charge in [-0.3, -0.25) is 9.78 Å². The van der Waals surface area contributed by atoms with Crippen molar-refractivity contribution in [3.05, 3.63) is 56.4 Å². The number of aromatic nitrogens is 2. The Morgan fingerprint density at radius 2 is 2.00 bits per heavy atom. The van der Waals surface area contributed by atoms with Crippen LogP contribution in [0.15, 0.2) is 39.6 Å². The smallest absolute Gasteiger partial charge is 0.302 e. The number of H-pyrrole nitrogens is 1. The summed E-state index contributed by atoms with van der Waals surface area (Å²) in [5.41, 5.74) is -0.574. The molecule has 1 N–H and O–H groups in total. The average molecular weight is 409 g/mol. The number of unbranched alkanes of at least 4 members (excludes halogenated alkanes) is 1. The molecule has 5 nitrogen and oxygen atoms in total. The minimum absolute atomic E-state index is 0.150. The van der Waals surface area contributed by atoms with Crippen molar-refractivity contribution in [3.8, 4) is 0 Å². The fourth-order valence-electron chi connectivity index (χ4n) is 5.03. The highest BCUT2D eigenvalue weighted by Crippen LogP contribution is 2.64. The Morgan fingerprint density at radius 1 is 1.24 bits per heavy atom. The van der Waals surface area contributed by atoms with E-state index in [1.807, 2.05) is 0 Å². The van der Waals surface area contributed by atoms with Crippen LogP contribution in [0.25, 0.3) is 0 Å². The number of piperidine rings is 1. The molecule has 0 radical (unpaired) electrons. The number of allylic oxidation sites excluding steroid dienone is 4. The van der Waals surface area contributed by atoms with Crippen LogP contribution < -0.4 is 11.2 Å². The lowest BCUT2D eigenvalue weighted by Crippen LogP contribution is -2.31. The van der Waals surface area contributed by atoms with Crippen molar-refractivity contribution in [1.82, 2.24) is 14.5 Å². The first-order valence-corrected chi connectivity index (χ1v) is 10.2. The first-order chi connectivity index (χ1) is 13.7. The molecule has 158 valence electrons. The second-order valence-corrected chi connectivity index (χ2v) is 8.70. The van der Waals surface area contributed by atoms with Gasteiger partial charge >= 0.3 is 11.9 Å². The third kappa shape index (κ3) is 3.99. The van der Waals surface area contributed by atoms with Gasteiger partial charge in [-0.1, -0.05) is 18.2 Å². The quantitative estimate of drug-likeness (QED) is 0.735. The van der Waals surface area contributed by atoms with Gasteiger partial charge in [0.15, 0.2) is 0 Å². The van der Waals surface area contributed by atoms with Crippen LogP contribution in [0.4, 0.5) is 13.2 Å². The van der Waals surface area contributed by atoms with E-state index in [-0.39, 0.29) is 22.6 Å². The van der Waals surface area contributed by atoms with Gasteiger partial charge in [0.25, 0.3) is 5.56 Å². The zero-order valence-corrected chi connectivity index (χ0v) is 16.5. The molecule has 0 bridgehead atoms. The summed E-state index contributed by atoms with van der Waals surface area (Å²) in [6, 6.07) is 0. The average Bonchev–Trinajstić information content (AvgIpc) is 3.24. The molecule has 0 unspecified atom stereocenters. The van der Waals surface area contributed by atoms with E-state index in [2.05, 4.69) is 9.88 Å². The molecule has 1 saturated carbocycles. The van der Waals surface area contributed by atoms with Gasteiger partial charge in [-0.15, -0.1) is 0 Å². The lowest BCUT2D eigenvalue weighted by atomic mass is 9.82. The van der Waals surface area contributed by atoms with Crippen LogP contribution in [0.2, 0.25) is 0 Å². The molecular formula is C21H26F3N3O2. The first-order valence-electron chi connectivity index (χ1n) is 10.2. The van der Waals surface area contributed by atoms with Crippen LogP contribution in [-0.4, -0.2) is 40.3 Å². The number of rotatable bonds is 6. The monoisotopic (exact) mass is 409 g/mol. The number of aryl methyl sites for hydroxylation is 2. The van der Waals surface area contributed by atoms with E-state index in [0.717, 1.165) is 38.9 Å². The summed E-state index contributed by atoms with van der Waals surface area (Å²) in [6.45, 7) is 5.12. The summed E-state index contributed by atoms with van der Waals surface area (Å²) in [7, 11) is 0. The van der Waals surface area contributed by atoms with E-state index in [1.54, 1.807) is 19.2 Å². The lowest BCUT2D eigenvalue weighted by Gasteiger charge is -2.27. The van der Waals surface area contributed by atoms with Crippen molar-refractivity contribution >= 4 is 0 Å². The van der Waals surface area contributed by atoms with Crippen LogP contribution in [0.5, 0.6) is 0 Å². The number of hydrogen-bond donors (Lipinski definition) is 1. The Labute approximate surface area is 166 Å². The third-order valence-electron chi connectivity index (χ3n) is 6.75. The highest BCUT2D eigenvalue weighted by atomic mass is 19.4. The summed E-state index contributed by atoms with van der Waals surface area (Å²) < 4.78 is 40.0. The fourth-order valence-corrected chi connectivity index (χ4v) is 5.03. The Bertz CT molecular complexity index is 959. The van der Waals surface area contributed by atoms with Crippen molar-refractivity contribution in [2.45, 2.75) is 45.3 Å². The van der Waals surface area contributed by atoms with E-state index in [0.29, 0.717) is 24.4 Å². The van der Waals surface area contributed by atoms with Crippen molar-refractivity contribution in [2.24, 2.45) is 17.3 Å². The molecular weight excluding hydrogens is 383 g/mol. The maximum absolute atomic E-state index is 12.8. The highest BCUT2D eigenvalue weighted by Gasteiger charge is 2.62. The number of fused-ring (bicyclic) bond motifs is 1. The van der Waals surface area contributed by atoms with Crippen molar-refractivity contribution < 1.29 is 13.2 Å². The zero-order chi connectivity index (χ0) is 20.8. The van der Waals surface area contributed by atoms with Crippen molar-refractivity contribution in [3.63, 3.8) is 0 Å². The normalized spacial score (nSPS) is 29.0. The van der Waals surface area contributed by atoms with Gasteiger partial charge in [0, 0.05) is 31.4 Å². The number of aromatic amines is 1. The molecule has 2 aliphatic carbocycles. The second-order valence-electron chi connectivity index (χ2n) is 8.70. The highest BCUT2D eigenvalue weighted by molar-refractivity contribution is 5.31. The molecule has 8 heteroatoms. The van der Waals surface area contributed by atoms with Gasteiger partial charge in [-0.05, 0) is 56.4 Å². The van der Waals surface area contributed by atoms with E-state index < -0.39 is 11.7 Å². The number of halogens is 3. The van der Waals surface area contributed by atoms with Crippen molar-refractivity contribution in [1.29, 1.82) is 0 Å². The minimum Gasteiger partial charge on any atom is -0.302 e. The number of nitrogens with one attached hydrogen (secondary N) is 1. The molecule has 1 aromatic rings. The largest absolute Gasteiger partial charge is 0.416 e. The molecule has 1 aliphatic heterocycles. The van der Waals surface area contributed by atoms with E-state index >= 15 is 0 Å². The molecule has 4 rings (SSSR count). The van der Waals surface area contributed by atoms with Gasteiger partial charge in [-0.2, -0.15) is 13.2 Å². The van der Waals surface area contributed by atoms with Crippen LogP contribution in [0.1, 0.15) is 31.2 Å². The number of hydrogen-bond acceptors (Lipinski definition) is 3. The van der Waals surface area contributed by atoms with Crippen molar-refractivity contribution in [2.75, 3.05) is 19.6 Å². The Balaban J connectivity index is 1.25.